The molecule has 0 aromatic rings. The van der Waals surface area contributed by atoms with Crippen molar-refractivity contribution >= 4 is 15.7 Å². The van der Waals surface area contributed by atoms with Crippen molar-refractivity contribution in [2.24, 2.45) is 11.8 Å². The lowest BCUT2D eigenvalue weighted by molar-refractivity contribution is -0.122. The molecule has 1 saturated heterocycles. The maximum atomic E-state index is 12.1. The van der Waals surface area contributed by atoms with Crippen LogP contribution in [0.3, 0.4) is 0 Å². The summed E-state index contributed by atoms with van der Waals surface area (Å²) < 4.78 is 23.1. The minimum atomic E-state index is -2.96. The Morgan fingerprint density at radius 3 is 2.37 bits per heavy atom. The van der Waals surface area contributed by atoms with Crippen molar-refractivity contribution in [3.63, 3.8) is 0 Å². The fourth-order valence-electron chi connectivity index (χ4n) is 3.00. The van der Waals surface area contributed by atoms with Crippen LogP contribution in [0.5, 0.6) is 0 Å². The molecule has 1 amide bonds. The van der Waals surface area contributed by atoms with Crippen LogP contribution >= 0.6 is 0 Å². The molecule has 19 heavy (non-hydrogen) atoms. The molecule has 1 aliphatic heterocycles. The number of nitrogens with one attached hydrogen (secondary N) is 2. The largest absolute Gasteiger partial charge is 0.353 e. The molecule has 2 N–H and O–H groups in total. The number of hydrogen-bond acceptors (Lipinski definition) is 4. The summed E-state index contributed by atoms with van der Waals surface area (Å²) in [6, 6.07) is 0.144. The molecule has 1 unspecified atom stereocenters. The molecule has 2 saturated carbocycles. The van der Waals surface area contributed by atoms with Crippen LogP contribution in [0.25, 0.3) is 0 Å². The molecular formula is C13H22N2O3S. The van der Waals surface area contributed by atoms with Gasteiger partial charge in [0.1, 0.15) is 0 Å². The summed E-state index contributed by atoms with van der Waals surface area (Å²) >= 11 is 0. The predicted molar refractivity (Wildman–Crippen MR) is 72.4 cm³/mol. The normalized spacial score (nSPS) is 30.3. The topological polar surface area (TPSA) is 75.3 Å². The first-order valence-electron chi connectivity index (χ1n) is 7.27. The molecule has 0 spiro atoms. The smallest absolute Gasteiger partial charge is 0.221 e. The van der Waals surface area contributed by atoms with E-state index in [-0.39, 0.29) is 29.9 Å². The van der Waals surface area contributed by atoms with Crippen LogP contribution in [0.2, 0.25) is 0 Å². The highest BCUT2D eigenvalue weighted by Crippen LogP contribution is 2.44. The van der Waals surface area contributed by atoms with Crippen molar-refractivity contribution in [1.29, 1.82) is 0 Å². The highest BCUT2D eigenvalue weighted by atomic mass is 32.2. The van der Waals surface area contributed by atoms with Gasteiger partial charge in [-0.3, -0.25) is 4.79 Å². The Morgan fingerprint density at radius 1 is 1.21 bits per heavy atom. The highest BCUT2D eigenvalue weighted by Gasteiger charge is 2.42. The van der Waals surface area contributed by atoms with Crippen molar-refractivity contribution < 1.29 is 13.2 Å². The Kier molecular flexibility index (Phi) is 3.55. The van der Waals surface area contributed by atoms with Crippen LogP contribution < -0.4 is 10.6 Å². The third-order valence-electron chi connectivity index (χ3n) is 4.32. The van der Waals surface area contributed by atoms with E-state index in [1.165, 1.54) is 25.7 Å². The molecule has 0 bridgehead atoms. The Bertz CT molecular complexity index is 443. The SMILES string of the molecule is O=C(CC1CS(=O)(=O)CCN1)NC(C1CC1)C1CC1. The van der Waals surface area contributed by atoms with Gasteiger partial charge in [0.25, 0.3) is 0 Å². The molecule has 0 aromatic heterocycles. The second kappa shape index (κ2) is 5.05. The third kappa shape index (κ3) is 3.69. The monoisotopic (exact) mass is 286 g/mol. The third-order valence-corrected chi connectivity index (χ3v) is 6.06. The Balaban J connectivity index is 1.50. The molecule has 6 heteroatoms. The van der Waals surface area contributed by atoms with E-state index in [4.69, 9.17) is 0 Å². The molecule has 0 radical (unpaired) electrons. The lowest BCUT2D eigenvalue weighted by Gasteiger charge is -2.24. The van der Waals surface area contributed by atoms with E-state index < -0.39 is 9.84 Å². The first kappa shape index (κ1) is 13.4. The zero-order valence-electron chi connectivity index (χ0n) is 11.1. The maximum Gasteiger partial charge on any atom is 0.221 e. The van der Waals surface area contributed by atoms with Crippen LogP contribution in [0, 0.1) is 11.8 Å². The van der Waals surface area contributed by atoms with Crippen molar-refractivity contribution in [1.82, 2.24) is 10.6 Å². The number of rotatable bonds is 5. The van der Waals surface area contributed by atoms with E-state index in [1.807, 2.05) is 0 Å². The van der Waals surface area contributed by atoms with Gasteiger partial charge in [0.05, 0.1) is 11.5 Å². The molecule has 2 aliphatic carbocycles. The number of sulfone groups is 1. The summed E-state index contributed by atoms with van der Waals surface area (Å²) in [5.74, 6) is 1.66. The molecule has 5 nitrogen and oxygen atoms in total. The quantitative estimate of drug-likeness (QED) is 0.750. The molecule has 3 rings (SSSR count). The van der Waals surface area contributed by atoms with Gasteiger partial charge >= 0.3 is 0 Å². The molecule has 108 valence electrons. The average molecular weight is 286 g/mol. The van der Waals surface area contributed by atoms with Crippen LogP contribution in [-0.2, 0) is 14.6 Å². The Labute approximate surface area is 114 Å². The second-order valence-corrected chi connectivity index (χ2v) is 8.47. The van der Waals surface area contributed by atoms with Crippen molar-refractivity contribution in [3.8, 4) is 0 Å². The summed E-state index contributed by atoms with van der Waals surface area (Å²) in [6.45, 7) is 0.467. The Morgan fingerprint density at radius 2 is 1.84 bits per heavy atom. The van der Waals surface area contributed by atoms with Gasteiger partial charge in [-0.25, -0.2) is 8.42 Å². The van der Waals surface area contributed by atoms with Gasteiger partial charge in [-0.15, -0.1) is 0 Å². The fourth-order valence-corrected chi connectivity index (χ4v) is 4.44. The van der Waals surface area contributed by atoms with E-state index in [0.717, 1.165) is 0 Å². The van der Waals surface area contributed by atoms with E-state index in [2.05, 4.69) is 10.6 Å². The molecule has 0 aromatic carbocycles. The number of hydrogen-bond donors (Lipinski definition) is 2. The van der Waals surface area contributed by atoms with E-state index >= 15 is 0 Å². The molecule has 3 aliphatic rings. The van der Waals surface area contributed by atoms with Crippen LogP contribution in [0.1, 0.15) is 32.1 Å². The summed E-state index contributed by atoms with van der Waals surface area (Å²) in [6.07, 6.45) is 5.22. The summed E-state index contributed by atoms with van der Waals surface area (Å²) in [7, 11) is -2.96. The standard InChI is InChI=1S/C13H22N2O3S/c16-12(7-11-8-19(17,18)6-5-14-11)15-13(9-1-2-9)10-3-4-10/h9-11,13-14H,1-8H2,(H,15,16). The minimum Gasteiger partial charge on any atom is -0.353 e. The second-order valence-electron chi connectivity index (χ2n) is 6.24. The molecular weight excluding hydrogens is 264 g/mol. The van der Waals surface area contributed by atoms with Gasteiger partial charge in [0.2, 0.25) is 5.91 Å². The van der Waals surface area contributed by atoms with Gasteiger partial charge in [-0.1, -0.05) is 0 Å². The fraction of sp³-hybridized carbons (Fsp3) is 0.923. The van der Waals surface area contributed by atoms with E-state index in [1.54, 1.807) is 0 Å². The molecule has 1 heterocycles. The summed E-state index contributed by atoms with van der Waals surface area (Å²) in [5, 5.41) is 6.27. The lowest BCUT2D eigenvalue weighted by atomic mass is 10.1. The highest BCUT2D eigenvalue weighted by molar-refractivity contribution is 7.91. The van der Waals surface area contributed by atoms with Gasteiger partial charge in [0.15, 0.2) is 9.84 Å². The zero-order valence-corrected chi connectivity index (χ0v) is 11.9. The van der Waals surface area contributed by atoms with Crippen molar-refractivity contribution in [2.45, 2.75) is 44.2 Å². The lowest BCUT2D eigenvalue weighted by Crippen LogP contribution is -2.48. The van der Waals surface area contributed by atoms with Gasteiger partial charge in [-0.05, 0) is 37.5 Å². The van der Waals surface area contributed by atoms with Gasteiger partial charge in [0, 0.05) is 25.0 Å². The van der Waals surface area contributed by atoms with E-state index in [9.17, 15) is 13.2 Å². The molecule has 1 atom stereocenters. The summed E-state index contributed by atoms with van der Waals surface area (Å²) in [4.78, 5) is 12.1. The first-order chi connectivity index (χ1) is 9.03. The average Bonchev–Trinajstić information content (AvgIpc) is 3.17. The number of carbonyl (C=O) groups is 1. The number of amides is 1. The predicted octanol–water partition coefficient (Wildman–Crippen LogP) is 0.0679. The van der Waals surface area contributed by atoms with Crippen LogP contribution in [-0.4, -0.2) is 44.5 Å². The minimum absolute atomic E-state index is 0.0124. The zero-order chi connectivity index (χ0) is 13.5. The van der Waals surface area contributed by atoms with Gasteiger partial charge in [-0.2, -0.15) is 0 Å². The maximum absolute atomic E-state index is 12.1. The van der Waals surface area contributed by atoms with Crippen molar-refractivity contribution in [2.75, 3.05) is 18.1 Å². The summed E-state index contributed by atoms with van der Waals surface area (Å²) in [5.41, 5.74) is 0. The Hall–Kier alpha value is -0.620. The molecule has 3 fully saturated rings. The van der Waals surface area contributed by atoms with Crippen LogP contribution in [0.15, 0.2) is 0 Å². The van der Waals surface area contributed by atoms with Crippen molar-refractivity contribution in [3.05, 3.63) is 0 Å². The van der Waals surface area contributed by atoms with Crippen LogP contribution in [0.4, 0.5) is 0 Å². The number of carbonyl (C=O) groups excluding carboxylic acids is 1. The van der Waals surface area contributed by atoms with Gasteiger partial charge < -0.3 is 10.6 Å². The van der Waals surface area contributed by atoms with E-state index in [0.29, 0.717) is 24.4 Å². The first-order valence-corrected chi connectivity index (χ1v) is 9.09.